The average molecular weight is 322 g/mol. The van der Waals surface area contributed by atoms with E-state index >= 15 is 0 Å². The van der Waals surface area contributed by atoms with Crippen LogP contribution in [0.4, 0.5) is 13.2 Å². The molecule has 9 heteroatoms. The van der Waals surface area contributed by atoms with Gasteiger partial charge in [0.15, 0.2) is 0 Å². The third-order valence-corrected chi connectivity index (χ3v) is 3.23. The SMILES string of the molecule is O=C(c1c([O-])[n+]2ccccc2n1Cc1cncnc1)C(F)(F)F. The standard InChI is InChI=1S/C14H9F3N4O2/c15-14(16,17)12(22)11-13(23)20-4-2-1-3-10(20)21(11)7-9-5-18-8-19-6-9/h1-6,8H,7H2. The number of rotatable bonds is 3. The lowest BCUT2D eigenvalue weighted by Gasteiger charge is -2.07. The Morgan fingerprint density at radius 2 is 1.96 bits per heavy atom. The highest BCUT2D eigenvalue weighted by atomic mass is 19.4. The molecular weight excluding hydrogens is 313 g/mol. The second kappa shape index (κ2) is 5.34. The van der Waals surface area contributed by atoms with Gasteiger partial charge in [0.2, 0.25) is 5.69 Å². The summed E-state index contributed by atoms with van der Waals surface area (Å²) >= 11 is 0. The molecule has 0 aliphatic carbocycles. The van der Waals surface area contributed by atoms with E-state index in [2.05, 4.69) is 9.97 Å². The van der Waals surface area contributed by atoms with E-state index in [0.717, 1.165) is 8.97 Å². The van der Waals surface area contributed by atoms with Gasteiger partial charge in [0.1, 0.15) is 18.8 Å². The van der Waals surface area contributed by atoms with E-state index in [9.17, 15) is 23.1 Å². The van der Waals surface area contributed by atoms with Crippen LogP contribution in [0.25, 0.3) is 5.65 Å². The second-order valence-electron chi connectivity index (χ2n) is 4.74. The Balaban J connectivity index is 2.23. The van der Waals surface area contributed by atoms with E-state index in [1.165, 1.54) is 37.1 Å². The van der Waals surface area contributed by atoms with Crippen molar-refractivity contribution in [2.75, 3.05) is 0 Å². The van der Waals surface area contributed by atoms with Crippen molar-refractivity contribution in [3.8, 4) is 5.88 Å². The predicted molar refractivity (Wildman–Crippen MR) is 68.6 cm³/mol. The first-order chi connectivity index (χ1) is 10.9. The molecule has 0 unspecified atom stereocenters. The highest BCUT2D eigenvalue weighted by Gasteiger charge is 2.45. The lowest BCUT2D eigenvalue weighted by Crippen LogP contribution is -2.28. The number of aromatic nitrogens is 4. The molecule has 0 fully saturated rings. The Morgan fingerprint density at radius 1 is 1.26 bits per heavy atom. The molecule has 0 saturated carbocycles. The highest BCUT2D eigenvalue weighted by Crippen LogP contribution is 2.26. The fraction of sp³-hybridized carbons (Fsp3) is 0.143. The second-order valence-corrected chi connectivity index (χ2v) is 4.74. The first-order valence-electron chi connectivity index (χ1n) is 6.45. The summed E-state index contributed by atoms with van der Waals surface area (Å²) in [4.78, 5) is 19.2. The number of alkyl halides is 3. The zero-order chi connectivity index (χ0) is 16.6. The van der Waals surface area contributed by atoms with Crippen molar-refractivity contribution in [2.24, 2.45) is 0 Å². The molecular formula is C14H9F3N4O2. The van der Waals surface area contributed by atoms with Crippen LogP contribution in [0, 0.1) is 0 Å². The van der Waals surface area contributed by atoms with E-state index in [1.807, 2.05) is 0 Å². The minimum Gasteiger partial charge on any atom is -0.839 e. The number of carbonyl (C=O) groups is 1. The maximum Gasteiger partial charge on any atom is 0.458 e. The number of ketones is 1. The van der Waals surface area contributed by atoms with E-state index < -0.39 is 23.5 Å². The molecule has 0 bridgehead atoms. The summed E-state index contributed by atoms with van der Waals surface area (Å²) in [6, 6.07) is 4.51. The zero-order valence-electron chi connectivity index (χ0n) is 11.5. The van der Waals surface area contributed by atoms with Crippen LogP contribution in [0.1, 0.15) is 16.1 Å². The summed E-state index contributed by atoms with van der Waals surface area (Å²) in [6.07, 6.45) is 0.242. The van der Waals surface area contributed by atoms with E-state index in [0.29, 0.717) is 5.56 Å². The fourth-order valence-corrected chi connectivity index (χ4v) is 2.28. The zero-order valence-corrected chi connectivity index (χ0v) is 11.5. The van der Waals surface area contributed by atoms with Crippen LogP contribution in [0.15, 0.2) is 43.1 Å². The van der Waals surface area contributed by atoms with Crippen LogP contribution < -0.4 is 9.51 Å². The van der Waals surface area contributed by atoms with Gasteiger partial charge in [-0.2, -0.15) is 13.2 Å². The van der Waals surface area contributed by atoms with Gasteiger partial charge in [-0.25, -0.2) is 18.9 Å². The number of hydrogen-bond acceptors (Lipinski definition) is 4. The van der Waals surface area contributed by atoms with Crippen molar-refractivity contribution < 1.29 is 27.5 Å². The van der Waals surface area contributed by atoms with Crippen LogP contribution in [-0.2, 0) is 6.54 Å². The summed E-state index contributed by atoms with van der Waals surface area (Å²) in [5, 5.41) is 12.2. The maximum atomic E-state index is 12.8. The Labute approximate surface area is 127 Å². The topological polar surface area (TPSA) is 74.9 Å². The summed E-state index contributed by atoms with van der Waals surface area (Å²) in [7, 11) is 0. The third kappa shape index (κ3) is 2.60. The largest absolute Gasteiger partial charge is 0.839 e. The fourth-order valence-electron chi connectivity index (χ4n) is 2.28. The number of imidazole rings is 1. The van der Waals surface area contributed by atoms with Crippen LogP contribution in [0.3, 0.4) is 0 Å². The van der Waals surface area contributed by atoms with Gasteiger partial charge < -0.3 is 5.11 Å². The first kappa shape index (κ1) is 14.9. The van der Waals surface area contributed by atoms with Gasteiger partial charge in [-0.05, 0) is 6.07 Å². The minimum absolute atomic E-state index is 0.131. The van der Waals surface area contributed by atoms with Crippen molar-refractivity contribution in [1.29, 1.82) is 0 Å². The molecule has 0 saturated heterocycles. The van der Waals surface area contributed by atoms with Crippen molar-refractivity contribution in [2.45, 2.75) is 12.7 Å². The van der Waals surface area contributed by atoms with E-state index in [1.54, 1.807) is 6.07 Å². The summed E-state index contributed by atoms with van der Waals surface area (Å²) in [5.41, 5.74) is -0.299. The number of Topliss-reactive ketones (excluding diaryl/α,β-unsaturated/α-hetero) is 1. The Bertz CT molecular complexity index is 875. The number of pyridine rings is 1. The highest BCUT2D eigenvalue weighted by molar-refractivity contribution is 6.00. The minimum atomic E-state index is -5.14. The van der Waals surface area contributed by atoms with Crippen molar-refractivity contribution in [1.82, 2.24) is 14.5 Å². The number of hydrogen-bond donors (Lipinski definition) is 0. The van der Waals surface area contributed by atoms with Gasteiger partial charge >= 0.3 is 12.0 Å². The van der Waals surface area contributed by atoms with Crippen LogP contribution >= 0.6 is 0 Å². The van der Waals surface area contributed by atoms with Crippen molar-refractivity contribution in [3.05, 3.63) is 54.4 Å². The molecule has 0 atom stereocenters. The summed E-state index contributed by atoms with van der Waals surface area (Å²) in [5.74, 6) is -3.19. The molecule has 0 N–H and O–H groups in total. The molecule has 118 valence electrons. The molecule has 3 rings (SSSR count). The van der Waals surface area contributed by atoms with Gasteiger partial charge in [-0.15, -0.1) is 0 Å². The van der Waals surface area contributed by atoms with Gasteiger partial charge in [-0.1, -0.05) is 6.07 Å². The summed E-state index contributed by atoms with van der Waals surface area (Å²) < 4.78 is 40.5. The van der Waals surface area contributed by atoms with Crippen LogP contribution in [0.5, 0.6) is 5.88 Å². The molecule has 3 heterocycles. The molecule has 0 aliphatic heterocycles. The molecule has 3 aromatic rings. The predicted octanol–water partition coefficient (Wildman–Crippen LogP) is 0.884. The molecule has 6 nitrogen and oxygen atoms in total. The molecule has 0 radical (unpaired) electrons. The van der Waals surface area contributed by atoms with E-state index in [-0.39, 0.29) is 12.2 Å². The quantitative estimate of drug-likeness (QED) is 0.530. The van der Waals surface area contributed by atoms with Gasteiger partial charge in [0.25, 0.3) is 5.65 Å². The Kier molecular flexibility index (Phi) is 3.47. The number of nitrogens with zero attached hydrogens (tertiary/aromatic N) is 4. The molecule has 23 heavy (non-hydrogen) atoms. The molecule has 0 spiro atoms. The van der Waals surface area contributed by atoms with Gasteiger partial charge in [-0.3, -0.25) is 4.79 Å². The normalized spacial score (nSPS) is 11.8. The smallest absolute Gasteiger partial charge is 0.458 e. The van der Waals surface area contributed by atoms with Crippen molar-refractivity contribution in [3.63, 3.8) is 0 Å². The van der Waals surface area contributed by atoms with Crippen LogP contribution in [0.2, 0.25) is 0 Å². The van der Waals surface area contributed by atoms with Crippen LogP contribution in [-0.4, -0.2) is 26.5 Å². The Hall–Kier alpha value is -2.97. The molecule has 0 aliphatic rings. The van der Waals surface area contributed by atoms with Crippen molar-refractivity contribution >= 4 is 11.4 Å². The third-order valence-electron chi connectivity index (χ3n) is 3.23. The first-order valence-corrected chi connectivity index (χ1v) is 6.45. The number of fused-ring (bicyclic) bond motifs is 1. The Morgan fingerprint density at radius 3 is 2.61 bits per heavy atom. The number of halogens is 3. The monoisotopic (exact) mass is 322 g/mol. The van der Waals surface area contributed by atoms with Gasteiger partial charge in [0, 0.05) is 24.0 Å². The number of carbonyl (C=O) groups excluding carboxylic acids is 1. The molecule has 0 aromatic carbocycles. The molecule has 3 aromatic heterocycles. The van der Waals surface area contributed by atoms with Gasteiger partial charge in [0.05, 0.1) is 6.20 Å². The summed E-state index contributed by atoms with van der Waals surface area (Å²) in [6.45, 7) is -0.131. The molecule has 0 amide bonds. The lowest BCUT2D eigenvalue weighted by atomic mass is 10.2. The van der Waals surface area contributed by atoms with E-state index in [4.69, 9.17) is 0 Å². The maximum absolute atomic E-state index is 12.8. The lowest BCUT2D eigenvalue weighted by molar-refractivity contribution is -0.582. The average Bonchev–Trinajstić information content (AvgIpc) is 2.80.